The Morgan fingerprint density at radius 3 is 2.89 bits per heavy atom. The molecule has 0 spiro atoms. The van der Waals surface area contributed by atoms with Crippen LogP contribution in [-0.2, 0) is 0 Å². The van der Waals surface area contributed by atoms with Gasteiger partial charge in [0.05, 0.1) is 0 Å². The minimum Gasteiger partial charge on any atom is -0.339 e. The molecule has 1 saturated carbocycles. The van der Waals surface area contributed by atoms with E-state index in [0.717, 1.165) is 42.7 Å². The third-order valence-corrected chi connectivity index (χ3v) is 3.89. The van der Waals surface area contributed by atoms with E-state index >= 15 is 0 Å². The topological polar surface area (TPSA) is 64.9 Å². The lowest BCUT2D eigenvalue weighted by atomic mass is 9.86. The highest BCUT2D eigenvalue weighted by Crippen LogP contribution is 2.32. The summed E-state index contributed by atoms with van der Waals surface area (Å²) in [6.07, 6.45) is 4.31. The van der Waals surface area contributed by atoms with Crippen molar-refractivity contribution in [3.8, 4) is 11.4 Å². The van der Waals surface area contributed by atoms with Gasteiger partial charge in [-0.15, -0.1) is 0 Å². The normalized spacial score (nSPS) is 23.5. The van der Waals surface area contributed by atoms with Gasteiger partial charge in [0.25, 0.3) is 0 Å². The first-order valence-electron chi connectivity index (χ1n) is 6.89. The van der Waals surface area contributed by atoms with Crippen LogP contribution in [-0.4, -0.2) is 16.2 Å². The van der Waals surface area contributed by atoms with Crippen LogP contribution in [0.2, 0.25) is 0 Å². The van der Waals surface area contributed by atoms with E-state index < -0.39 is 0 Å². The largest absolute Gasteiger partial charge is 0.339 e. The van der Waals surface area contributed by atoms with Crippen LogP contribution in [0.1, 0.15) is 43.1 Å². The summed E-state index contributed by atoms with van der Waals surface area (Å²) in [6.45, 7) is 2.06. The Morgan fingerprint density at radius 1 is 1.26 bits per heavy atom. The van der Waals surface area contributed by atoms with Crippen LogP contribution in [0.4, 0.5) is 0 Å². The van der Waals surface area contributed by atoms with Crippen molar-refractivity contribution >= 4 is 0 Å². The van der Waals surface area contributed by atoms with E-state index in [9.17, 15) is 0 Å². The lowest BCUT2D eigenvalue weighted by Crippen LogP contribution is -2.26. The standard InChI is InChI=1S/C15H19N3O/c1-10-5-2-3-8-13(10)14-17-15(19-18-14)11-6-4-7-12(16)9-11/h2-3,5,8,11-12H,4,6-7,9,16H2,1H3. The molecule has 1 heterocycles. The Labute approximate surface area is 113 Å². The van der Waals surface area contributed by atoms with Crippen molar-refractivity contribution in [2.75, 3.05) is 0 Å². The monoisotopic (exact) mass is 257 g/mol. The molecule has 100 valence electrons. The van der Waals surface area contributed by atoms with Crippen molar-refractivity contribution in [1.29, 1.82) is 0 Å². The molecule has 2 N–H and O–H groups in total. The maximum Gasteiger partial charge on any atom is 0.230 e. The van der Waals surface area contributed by atoms with Gasteiger partial charge in [0.15, 0.2) is 0 Å². The molecule has 0 amide bonds. The van der Waals surface area contributed by atoms with Crippen molar-refractivity contribution in [1.82, 2.24) is 10.1 Å². The van der Waals surface area contributed by atoms with E-state index in [4.69, 9.17) is 10.3 Å². The Morgan fingerprint density at radius 2 is 2.11 bits per heavy atom. The fourth-order valence-corrected chi connectivity index (χ4v) is 2.79. The highest BCUT2D eigenvalue weighted by atomic mass is 16.5. The first kappa shape index (κ1) is 12.4. The maximum absolute atomic E-state index is 6.01. The smallest absolute Gasteiger partial charge is 0.230 e. The zero-order valence-corrected chi connectivity index (χ0v) is 11.2. The third-order valence-electron chi connectivity index (χ3n) is 3.89. The first-order valence-corrected chi connectivity index (χ1v) is 6.89. The van der Waals surface area contributed by atoms with Gasteiger partial charge in [0, 0.05) is 17.5 Å². The fraction of sp³-hybridized carbons (Fsp3) is 0.467. The number of hydrogen-bond acceptors (Lipinski definition) is 4. The molecule has 2 atom stereocenters. The number of aromatic nitrogens is 2. The molecule has 2 unspecified atom stereocenters. The minimum absolute atomic E-state index is 0.271. The highest BCUT2D eigenvalue weighted by molar-refractivity contribution is 5.58. The average Bonchev–Trinajstić information content (AvgIpc) is 2.89. The summed E-state index contributed by atoms with van der Waals surface area (Å²) in [4.78, 5) is 4.57. The summed E-state index contributed by atoms with van der Waals surface area (Å²) in [6, 6.07) is 8.36. The molecule has 1 aliphatic rings. The molecule has 0 saturated heterocycles. The van der Waals surface area contributed by atoms with E-state index in [1.165, 1.54) is 0 Å². The van der Waals surface area contributed by atoms with Crippen molar-refractivity contribution in [3.63, 3.8) is 0 Å². The third kappa shape index (κ3) is 2.54. The summed E-state index contributed by atoms with van der Waals surface area (Å²) < 4.78 is 5.45. The van der Waals surface area contributed by atoms with Gasteiger partial charge in [0.1, 0.15) is 0 Å². The van der Waals surface area contributed by atoms with Gasteiger partial charge >= 0.3 is 0 Å². The highest BCUT2D eigenvalue weighted by Gasteiger charge is 2.25. The van der Waals surface area contributed by atoms with Crippen LogP contribution >= 0.6 is 0 Å². The molecule has 4 heteroatoms. The van der Waals surface area contributed by atoms with Crippen LogP contribution < -0.4 is 5.73 Å². The molecule has 2 aromatic rings. The molecule has 3 rings (SSSR count). The van der Waals surface area contributed by atoms with Gasteiger partial charge in [-0.05, 0) is 31.7 Å². The lowest BCUT2D eigenvalue weighted by Gasteiger charge is -2.23. The molecule has 1 aromatic carbocycles. The van der Waals surface area contributed by atoms with Crippen molar-refractivity contribution in [3.05, 3.63) is 35.7 Å². The molecule has 4 nitrogen and oxygen atoms in total. The van der Waals surface area contributed by atoms with Gasteiger partial charge in [-0.2, -0.15) is 4.98 Å². The maximum atomic E-state index is 6.01. The molecule has 0 aliphatic heterocycles. The van der Waals surface area contributed by atoms with E-state index in [2.05, 4.69) is 23.1 Å². The SMILES string of the molecule is Cc1ccccc1-c1noc(C2CCCC(N)C2)n1. The van der Waals surface area contributed by atoms with E-state index in [1.807, 2.05) is 18.2 Å². The van der Waals surface area contributed by atoms with Crippen LogP contribution in [0.15, 0.2) is 28.8 Å². The number of hydrogen-bond donors (Lipinski definition) is 1. The molecular formula is C15H19N3O. The van der Waals surface area contributed by atoms with Gasteiger partial charge in [0.2, 0.25) is 11.7 Å². The van der Waals surface area contributed by atoms with E-state index in [-0.39, 0.29) is 6.04 Å². The van der Waals surface area contributed by atoms with Gasteiger partial charge in [-0.25, -0.2) is 0 Å². The van der Waals surface area contributed by atoms with Gasteiger partial charge < -0.3 is 10.3 Å². The summed E-state index contributed by atoms with van der Waals surface area (Å²) in [7, 11) is 0. The number of nitrogens with two attached hydrogens (primary N) is 1. The predicted molar refractivity (Wildman–Crippen MR) is 73.7 cm³/mol. The molecule has 0 radical (unpaired) electrons. The second-order valence-electron chi connectivity index (χ2n) is 5.39. The van der Waals surface area contributed by atoms with E-state index in [1.54, 1.807) is 0 Å². The van der Waals surface area contributed by atoms with Crippen LogP contribution in [0.5, 0.6) is 0 Å². The Bertz CT molecular complexity index is 564. The lowest BCUT2D eigenvalue weighted by molar-refractivity contribution is 0.299. The summed E-state index contributed by atoms with van der Waals surface area (Å²) >= 11 is 0. The number of aryl methyl sites for hydroxylation is 1. The van der Waals surface area contributed by atoms with Crippen LogP contribution in [0.25, 0.3) is 11.4 Å². The van der Waals surface area contributed by atoms with Gasteiger partial charge in [-0.1, -0.05) is 35.8 Å². The van der Waals surface area contributed by atoms with Crippen LogP contribution in [0, 0.1) is 6.92 Å². The van der Waals surface area contributed by atoms with Crippen LogP contribution in [0.3, 0.4) is 0 Å². The second-order valence-corrected chi connectivity index (χ2v) is 5.39. The Balaban J connectivity index is 1.85. The molecule has 19 heavy (non-hydrogen) atoms. The molecule has 1 aromatic heterocycles. The zero-order valence-electron chi connectivity index (χ0n) is 11.2. The van der Waals surface area contributed by atoms with E-state index in [0.29, 0.717) is 11.7 Å². The van der Waals surface area contributed by atoms with Gasteiger partial charge in [-0.3, -0.25) is 0 Å². The average molecular weight is 257 g/mol. The Kier molecular flexibility index (Phi) is 3.34. The van der Waals surface area contributed by atoms with Crippen molar-refractivity contribution in [2.24, 2.45) is 5.73 Å². The predicted octanol–water partition coefficient (Wildman–Crippen LogP) is 3.03. The minimum atomic E-state index is 0.271. The Hall–Kier alpha value is -1.68. The fourth-order valence-electron chi connectivity index (χ4n) is 2.79. The zero-order chi connectivity index (χ0) is 13.2. The summed E-state index contributed by atoms with van der Waals surface area (Å²) in [5, 5.41) is 4.12. The molecule has 1 aliphatic carbocycles. The number of rotatable bonds is 2. The molecule has 0 bridgehead atoms. The first-order chi connectivity index (χ1) is 9.24. The molecule has 1 fully saturated rings. The molecular weight excluding hydrogens is 238 g/mol. The summed E-state index contributed by atoms with van der Waals surface area (Å²) in [5.74, 6) is 1.76. The second kappa shape index (κ2) is 5.13. The quantitative estimate of drug-likeness (QED) is 0.898. The number of nitrogens with zero attached hydrogens (tertiary/aromatic N) is 2. The van der Waals surface area contributed by atoms with Crippen molar-refractivity contribution < 1.29 is 4.52 Å². The number of benzene rings is 1. The summed E-state index contributed by atoms with van der Waals surface area (Å²) in [5.41, 5.74) is 8.22. The van der Waals surface area contributed by atoms with Crippen molar-refractivity contribution in [2.45, 2.75) is 44.6 Å².